The summed E-state index contributed by atoms with van der Waals surface area (Å²) in [6, 6.07) is 10.3. The molecular weight excluding hydrogens is 190 g/mol. The van der Waals surface area contributed by atoms with Gasteiger partial charge in [0.2, 0.25) is 0 Å². The summed E-state index contributed by atoms with van der Waals surface area (Å²) in [5.41, 5.74) is 1.32. The Bertz CT molecular complexity index is 329. The fourth-order valence-electron chi connectivity index (χ4n) is 2.12. The molecule has 0 aromatic heterocycles. The average molecular weight is 204 g/mol. The molecule has 0 atom stereocenters. The van der Waals surface area contributed by atoms with Crippen LogP contribution in [0.5, 0.6) is 0 Å². The van der Waals surface area contributed by atoms with Gasteiger partial charge in [0, 0.05) is 13.1 Å². The van der Waals surface area contributed by atoms with Crippen LogP contribution in [0.3, 0.4) is 0 Å². The molecule has 0 spiro atoms. The van der Waals surface area contributed by atoms with Crippen LogP contribution in [-0.2, 0) is 0 Å². The minimum Gasteiger partial charge on any atom is -0.530 e. The van der Waals surface area contributed by atoms with Crippen molar-refractivity contribution in [2.24, 2.45) is 0 Å². The van der Waals surface area contributed by atoms with Gasteiger partial charge in [-0.05, 0) is 24.3 Å². The number of carboxylic acid groups (broad SMARTS) is 1. The van der Waals surface area contributed by atoms with Crippen LogP contribution < -0.4 is 5.11 Å². The molecule has 80 valence electrons. The quantitative estimate of drug-likeness (QED) is 0.690. The number of carbonyl (C=O) groups excluding carboxylic acids is 1. The van der Waals surface area contributed by atoms with Crippen LogP contribution >= 0.6 is 0 Å². The van der Waals surface area contributed by atoms with Crippen LogP contribution in [0.2, 0.25) is 0 Å². The summed E-state index contributed by atoms with van der Waals surface area (Å²) < 4.78 is 0. The van der Waals surface area contributed by atoms with E-state index in [1.807, 2.05) is 18.2 Å². The molecule has 2 rings (SSSR count). The molecule has 15 heavy (non-hydrogen) atoms. The van der Waals surface area contributed by atoms with Crippen molar-refractivity contribution in [2.45, 2.75) is 18.8 Å². The molecule has 1 saturated heterocycles. The summed E-state index contributed by atoms with van der Waals surface area (Å²) in [4.78, 5) is 12.0. The molecule has 1 amide bonds. The lowest BCUT2D eigenvalue weighted by Gasteiger charge is -2.33. The van der Waals surface area contributed by atoms with E-state index >= 15 is 0 Å². The van der Waals surface area contributed by atoms with Crippen LogP contribution in [0.4, 0.5) is 4.79 Å². The minimum absolute atomic E-state index is 0.502. The Labute approximate surface area is 89.3 Å². The van der Waals surface area contributed by atoms with E-state index in [1.165, 1.54) is 10.5 Å². The molecule has 3 heteroatoms. The van der Waals surface area contributed by atoms with Crippen molar-refractivity contribution in [1.82, 2.24) is 4.90 Å². The number of hydrogen-bond acceptors (Lipinski definition) is 2. The Morgan fingerprint density at radius 2 is 1.80 bits per heavy atom. The van der Waals surface area contributed by atoms with Crippen LogP contribution in [0.15, 0.2) is 30.3 Å². The molecule has 0 saturated carbocycles. The fourth-order valence-corrected chi connectivity index (χ4v) is 2.12. The summed E-state index contributed by atoms with van der Waals surface area (Å²) in [5.74, 6) is 0.502. The van der Waals surface area contributed by atoms with Crippen molar-refractivity contribution in [3.05, 3.63) is 35.9 Å². The van der Waals surface area contributed by atoms with Gasteiger partial charge in [-0.3, -0.25) is 0 Å². The highest BCUT2D eigenvalue weighted by molar-refractivity contribution is 5.62. The lowest BCUT2D eigenvalue weighted by atomic mass is 9.90. The van der Waals surface area contributed by atoms with E-state index in [2.05, 4.69) is 12.1 Å². The molecule has 1 aliphatic rings. The second kappa shape index (κ2) is 4.34. The van der Waals surface area contributed by atoms with E-state index in [0.717, 1.165) is 12.8 Å². The predicted octanol–water partition coefficient (Wildman–Crippen LogP) is 1.21. The Hall–Kier alpha value is -1.51. The van der Waals surface area contributed by atoms with Crippen LogP contribution in [0.25, 0.3) is 0 Å². The van der Waals surface area contributed by atoms with Gasteiger partial charge >= 0.3 is 0 Å². The summed E-state index contributed by atoms with van der Waals surface area (Å²) in [6.45, 7) is 1.20. The molecule has 1 heterocycles. The van der Waals surface area contributed by atoms with Gasteiger partial charge in [0.15, 0.2) is 0 Å². The molecule has 0 radical (unpaired) electrons. The molecule has 0 N–H and O–H groups in total. The largest absolute Gasteiger partial charge is 0.530 e. The summed E-state index contributed by atoms with van der Waals surface area (Å²) in [5, 5.41) is 10.6. The maximum absolute atomic E-state index is 10.6. The van der Waals surface area contributed by atoms with Crippen molar-refractivity contribution in [3.8, 4) is 0 Å². The first-order valence-corrected chi connectivity index (χ1v) is 5.28. The molecule has 1 fully saturated rings. The van der Waals surface area contributed by atoms with E-state index in [0.29, 0.717) is 19.0 Å². The zero-order valence-corrected chi connectivity index (χ0v) is 8.56. The third-order valence-corrected chi connectivity index (χ3v) is 3.02. The Morgan fingerprint density at radius 3 is 2.33 bits per heavy atom. The minimum atomic E-state index is -1.04. The number of piperidine rings is 1. The van der Waals surface area contributed by atoms with E-state index in [9.17, 15) is 9.90 Å². The molecule has 0 aliphatic carbocycles. The van der Waals surface area contributed by atoms with Gasteiger partial charge in [0.1, 0.15) is 6.09 Å². The van der Waals surface area contributed by atoms with E-state index < -0.39 is 6.09 Å². The van der Waals surface area contributed by atoms with Gasteiger partial charge in [0.25, 0.3) is 0 Å². The van der Waals surface area contributed by atoms with Gasteiger partial charge in [-0.2, -0.15) is 0 Å². The molecule has 1 aliphatic heterocycles. The van der Waals surface area contributed by atoms with Gasteiger partial charge in [-0.25, -0.2) is 0 Å². The predicted molar refractivity (Wildman–Crippen MR) is 55.4 cm³/mol. The molecule has 1 aromatic rings. The van der Waals surface area contributed by atoms with Gasteiger partial charge in [-0.15, -0.1) is 0 Å². The smallest absolute Gasteiger partial charge is 0.136 e. The van der Waals surface area contributed by atoms with Crippen molar-refractivity contribution in [1.29, 1.82) is 0 Å². The first-order valence-electron chi connectivity index (χ1n) is 5.28. The zero-order chi connectivity index (χ0) is 10.7. The first-order chi connectivity index (χ1) is 7.27. The van der Waals surface area contributed by atoms with Crippen LogP contribution in [0.1, 0.15) is 24.3 Å². The number of amides is 1. The SMILES string of the molecule is O=C([O-])N1CCC(c2ccccc2)CC1. The molecule has 0 unspecified atom stereocenters. The van der Waals surface area contributed by atoms with E-state index in [1.54, 1.807) is 0 Å². The molecule has 0 bridgehead atoms. The van der Waals surface area contributed by atoms with Crippen LogP contribution in [-0.4, -0.2) is 24.1 Å². The zero-order valence-electron chi connectivity index (χ0n) is 8.56. The molecular formula is C12H14NO2-. The van der Waals surface area contributed by atoms with Crippen molar-refractivity contribution in [3.63, 3.8) is 0 Å². The van der Waals surface area contributed by atoms with Crippen molar-refractivity contribution in [2.75, 3.05) is 13.1 Å². The average Bonchev–Trinajstić information content (AvgIpc) is 2.30. The van der Waals surface area contributed by atoms with Gasteiger partial charge < -0.3 is 14.8 Å². The topological polar surface area (TPSA) is 43.4 Å². The van der Waals surface area contributed by atoms with E-state index in [4.69, 9.17) is 0 Å². The molecule has 3 nitrogen and oxygen atoms in total. The number of carbonyl (C=O) groups is 1. The summed E-state index contributed by atoms with van der Waals surface area (Å²) in [6.07, 6.45) is 0.761. The normalized spacial score (nSPS) is 17.7. The van der Waals surface area contributed by atoms with Crippen molar-refractivity contribution < 1.29 is 9.90 Å². The number of rotatable bonds is 1. The maximum atomic E-state index is 10.6. The first kappa shape index (κ1) is 10.0. The maximum Gasteiger partial charge on any atom is 0.136 e. The van der Waals surface area contributed by atoms with Crippen LogP contribution in [0, 0.1) is 0 Å². The van der Waals surface area contributed by atoms with E-state index in [-0.39, 0.29) is 0 Å². The lowest BCUT2D eigenvalue weighted by Crippen LogP contribution is -2.45. The van der Waals surface area contributed by atoms with Gasteiger partial charge in [-0.1, -0.05) is 30.3 Å². The summed E-state index contributed by atoms with van der Waals surface area (Å²) in [7, 11) is 0. The second-order valence-electron chi connectivity index (χ2n) is 3.94. The Kier molecular flexibility index (Phi) is 2.90. The third-order valence-electron chi connectivity index (χ3n) is 3.02. The Morgan fingerprint density at radius 1 is 1.20 bits per heavy atom. The highest BCUT2D eigenvalue weighted by Crippen LogP contribution is 2.27. The number of likely N-dealkylation sites (tertiary alicyclic amines) is 1. The lowest BCUT2D eigenvalue weighted by molar-refractivity contribution is -0.266. The monoisotopic (exact) mass is 204 g/mol. The Balaban J connectivity index is 1.97. The third kappa shape index (κ3) is 2.29. The number of benzene rings is 1. The second-order valence-corrected chi connectivity index (χ2v) is 3.94. The van der Waals surface area contributed by atoms with Crippen molar-refractivity contribution >= 4 is 6.09 Å². The highest BCUT2D eigenvalue weighted by atomic mass is 16.4. The number of hydrogen-bond donors (Lipinski definition) is 0. The number of nitrogens with zero attached hydrogens (tertiary/aromatic N) is 1. The highest BCUT2D eigenvalue weighted by Gasteiger charge is 2.19. The summed E-state index contributed by atoms with van der Waals surface area (Å²) >= 11 is 0. The fraction of sp³-hybridized carbons (Fsp3) is 0.417. The molecule has 1 aromatic carbocycles. The standard InChI is InChI=1S/C12H15NO2/c14-12(15)13-8-6-11(7-9-13)10-4-2-1-3-5-10/h1-5,11H,6-9H2,(H,14,15)/p-1. The van der Waals surface area contributed by atoms with Gasteiger partial charge in [0.05, 0.1) is 0 Å².